The second kappa shape index (κ2) is 4.87. The minimum absolute atomic E-state index is 0.0293. The Hall–Kier alpha value is -1.38. The Morgan fingerprint density at radius 1 is 1.35 bits per heavy atom. The molecule has 104 valence electrons. The summed E-state index contributed by atoms with van der Waals surface area (Å²) in [6.07, 6.45) is 0. The molecule has 0 spiro atoms. The zero-order valence-corrected chi connectivity index (χ0v) is 13.3. The number of nitrogens with zero attached hydrogens (tertiary/aromatic N) is 1. The summed E-state index contributed by atoms with van der Waals surface area (Å²) in [5.41, 5.74) is 7.44. The molecule has 0 saturated heterocycles. The zero-order valence-electron chi connectivity index (χ0n) is 10.1. The maximum atomic E-state index is 12.4. The van der Waals surface area contributed by atoms with Crippen molar-refractivity contribution in [1.29, 1.82) is 0 Å². The van der Waals surface area contributed by atoms with Gasteiger partial charge < -0.3 is 10.7 Å². The van der Waals surface area contributed by atoms with E-state index in [1.807, 2.05) is 11.4 Å². The normalized spacial score (nSPS) is 12.1. The Morgan fingerprint density at radius 3 is 2.85 bits per heavy atom. The molecular formula is C12H10BrN3O2S2. The summed E-state index contributed by atoms with van der Waals surface area (Å²) in [7, 11) is -3.51. The largest absolute Gasteiger partial charge is 0.399 e. The predicted octanol–water partition coefficient (Wildman–Crippen LogP) is 2.94. The first-order valence-corrected chi connectivity index (χ1v) is 8.98. The Kier molecular flexibility index (Phi) is 3.31. The highest BCUT2D eigenvalue weighted by Crippen LogP contribution is 2.27. The molecule has 8 heteroatoms. The molecule has 0 unspecified atom stereocenters. The smallest absolute Gasteiger partial charge is 0.226 e. The minimum Gasteiger partial charge on any atom is -0.399 e. The molecule has 1 aromatic carbocycles. The highest BCUT2D eigenvalue weighted by Gasteiger charge is 2.21. The molecule has 20 heavy (non-hydrogen) atoms. The first kappa shape index (κ1) is 13.6. The molecule has 0 atom stereocenters. The van der Waals surface area contributed by atoms with E-state index in [1.165, 1.54) is 11.3 Å². The summed E-state index contributed by atoms with van der Waals surface area (Å²) < 4.78 is 25.5. The van der Waals surface area contributed by atoms with Gasteiger partial charge in [-0.3, -0.25) is 0 Å². The van der Waals surface area contributed by atoms with Gasteiger partial charge in [-0.15, -0.1) is 11.3 Å². The quantitative estimate of drug-likeness (QED) is 0.692. The summed E-state index contributed by atoms with van der Waals surface area (Å²) in [6.45, 7) is 0. The van der Waals surface area contributed by atoms with Crippen molar-refractivity contribution in [2.75, 3.05) is 5.73 Å². The van der Waals surface area contributed by atoms with Crippen molar-refractivity contribution in [3.05, 3.63) is 39.0 Å². The van der Waals surface area contributed by atoms with Crippen LogP contribution in [0.4, 0.5) is 5.69 Å². The number of hydrogen-bond donors (Lipinski definition) is 2. The molecule has 2 aromatic heterocycles. The van der Waals surface area contributed by atoms with Gasteiger partial charge in [0, 0.05) is 15.0 Å². The third kappa shape index (κ3) is 2.46. The highest BCUT2D eigenvalue weighted by molar-refractivity contribution is 9.10. The predicted molar refractivity (Wildman–Crippen MR) is 83.4 cm³/mol. The lowest BCUT2D eigenvalue weighted by atomic mass is 10.3. The van der Waals surface area contributed by atoms with Crippen LogP contribution in [0.5, 0.6) is 0 Å². The molecule has 0 aliphatic carbocycles. The van der Waals surface area contributed by atoms with Gasteiger partial charge in [0.15, 0.2) is 0 Å². The van der Waals surface area contributed by atoms with Crippen molar-refractivity contribution in [1.82, 2.24) is 9.97 Å². The number of hydrogen-bond acceptors (Lipinski definition) is 5. The van der Waals surface area contributed by atoms with Gasteiger partial charge in [-0.1, -0.05) is 0 Å². The first-order valence-electron chi connectivity index (χ1n) is 5.65. The number of rotatable bonds is 3. The number of anilines is 1. The Labute approximate surface area is 127 Å². The van der Waals surface area contributed by atoms with Gasteiger partial charge in [0.1, 0.15) is 0 Å². The summed E-state index contributed by atoms with van der Waals surface area (Å²) >= 11 is 4.73. The number of aromatic amines is 1. The second-order valence-electron chi connectivity index (χ2n) is 4.27. The number of imidazole rings is 1. The minimum atomic E-state index is -3.51. The number of sulfone groups is 1. The molecule has 0 saturated carbocycles. The van der Waals surface area contributed by atoms with Crippen LogP contribution in [0.1, 0.15) is 4.88 Å². The first-order chi connectivity index (χ1) is 9.45. The number of aromatic nitrogens is 2. The lowest BCUT2D eigenvalue weighted by molar-refractivity contribution is 0.589. The maximum absolute atomic E-state index is 12.4. The van der Waals surface area contributed by atoms with E-state index < -0.39 is 9.84 Å². The number of halogens is 1. The molecular weight excluding hydrogens is 362 g/mol. The van der Waals surface area contributed by atoms with Gasteiger partial charge in [-0.05, 0) is 45.6 Å². The van der Waals surface area contributed by atoms with Crippen molar-refractivity contribution in [2.24, 2.45) is 0 Å². The molecule has 5 nitrogen and oxygen atoms in total. The Morgan fingerprint density at radius 2 is 2.15 bits per heavy atom. The van der Waals surface area contributed by atoms with Crippen LogP contribution in [-0.4, -0.2) is 18.4 Å². The lowest BCUT2D eigenvalue weighted by Gasteiger charge is -1.99. The number of nitrogens with two attached hydrogens (primary N) is 1. The van der Waals surface area contributed by atoms with Crippen LogP contribution in [0, 0.1) is 0 Å². The molecule has 2 heterocycles. The topological polar surface area (TPSA) is 88.8 Å². The summed E-state index contributed by atoms with van der Waals surface area (Å²) in [5.74, 6) is -0.0828. The number of nitrogen functional groups attached to an aromatic ring is 1. The Balaban J connectivity index is 2.03. The van der Waals surface area contributed by atoms with E-state index in [0.29, 0.717) is 16.7 Å². The van der Waals surface area contributed by atoms with Gasteiger partial charge in [0.05, 0.1) is 16.8 Å². The van der Waals surface area contributed by atoms with Crippen LogP contribution in [0.2, 0.25) is 0 Å². The third-order valence-corrected chi connectivity index (χ3v) is 6.35. The average molecular weight is 372 g/mol. The van der Waals surface area contributed by atoms with Crippen molar-refractivity contribution in [3.8, 4) is 0 Å². The van der Waals surface area contributed by atoms with E-state index >= 15 is 0 Å². The van der Waals surface area contributed by atoms with E-state index in [2.05, 4.69) is 25.9 Å². The standard InChI is InChI=1S/C12H10BrN3O2S2/c13-8-3-4-19-11(8)6-20(17,18)12-15-9-2-1-7(14)5-10(9)16-12/h1-5H,6,14H2,(H,15,16). The van der Waals surface area contributed by atoms with E-state index in [-0.39, 0.29) is 10.9 Å². The molecule has 0 radical (unpaired) electrons. The molecule has 0 bridgehead atoms. The molecule has 0 aliphatic rings. The number of benzene rings is 1. The molecule has 3 N–H and O–H groups in total. The fourth-order valence-electron chi connectivity index (χ4n) is 1.82. The van der Waals surface area contributed by atoms with Gasteiger partial charge in [-0.25, -0.2) is 13.4 Å². The van der Waals surface area contributed by atoms with Gasteiger partial charge >= 0.3 is 0 Å². The number of fused-ring (bicyclic) bond motifs is 1. The van der Waals surface area contributed by atoms with Crippen LogP contribution in [0.15, 0.2) is 39.3 Å². The van der Waals surface area contributed by atoms with Crippen LogP contribution >= 0.6 is 27.3 Å². The van der Waals surface area contributed by atoms with E-state index in [0.717, 1.165) is 9.35 Å². The van der Waals surface area contributed by atoms with Crippen LogP contribution in [0.3, 0.4) is 0 Å². The monoisotopic (exact) mass is 371 g/mol. The summed E-state index contributed by atoms with van der Waals surface area (Å²) in [4.78, 5) is 7.70. The zero-order chi connectivity index (χ0) is 14.3. The van der Waals surface area contributed by atoms with Crippen molar-refractivity contribution in [3.63, 3.8) is 0 Å². The van der Waals surface area contributed by atoms with Crippen LogP contribution in [-0.2, 0) is 15.6 Å². The van der Waals surface area contributed by atoms with Gasteiger partial charge in [0.2, 0.25) is 15.0 Å². The van der Waals surface area contributed by atoms with Crippen molar-refractivity contribution < 1.29 is 8.42 Å². The number of nitrogens with one attached hydrogen (secondary N) is 1. The van der Waals surface area contributed by atoms with Gasteiger partial charge in [-0.2, -0.15) is 0 Å². The molecule has 0 fully saturated rings. The van der Waals surface area contributed by atoms with Crippen LogP contribution < -0.4 is 5.73 Å². The van der Waals surface area contributed by atoms with Crippen molar-refractivity contribution in [2.45, 2.75) is 10.9 Å². The highest BCUT2D eigenvalue weighted by atomic mass is 79.9. The number of H-pyrrole nitrogens is 1. The summed E-state index contributed by atoms with van der Waals surface area (Å²) in [5, 5.41) is 1.81. The average Bonchev–Trinajstić information content (AvgIpc) is 2.96. The maximum Gasteiger partial charge on any atom is 0.226 e. The van der Waals surface area contributed by atoms with Gasteiger partial charge in [0.25, 0.3) is 0 Å². The summed E-state index contributed by atoms with van der Waals surface area (Å²) in [6, 6.07) is 6.88. The lowest BCUT2D eigenvalue weighted by Crippen LogP contribution is -2.06. The van der Waals surface area contributed by atoms with Crippen LogP contribution in [0.25, 0.3) is 11.0 Å². The number of thiophene rings is 1. The molecule has 3 aromatic rings. The molecule has 0 amide bonds. The fourth-order valence-corrected chi connectivity index (χ4v) is 5.16. The molecule has 0 aliphatic heterocycles. The van der Waals surface area contributed by atoms with E-state index in [1.54, 1.807) is 18.2 Å². The van der Waals surface area contributed by atoms with E-state index in [9.17, 15) is 8.42 Å². The van der Waals surface area contributed by atoms with E-state index in [4.69, 9.17) is 5.73 Å². The fraction of sp³-hybridized carbons (Fsp3) is 0.0833. The third-order valence-electron chi connectivity index (χ3n) is 2.79. The molecule has 3 rings (SSSR count). The second-order valence-corrected chi connectivity index (χ2v) is 8.03. The SMILES string of the molecule is Nc1ccc2nc(S(=O)(=O)Cc3sccc3Br)[nH]c2c1. The van der Waals surface area contributed by atoms with Crippen molar-refractivity contribution >= 4 is 53.8 Å². The Bertz CT molecular complexity index is 883.